The number of hydrogen-bond donors (Lipinski definition) is 1. The van der Waals surface area contributed by atoms with Gasteiger partial charge in [0.25, 0.3) is 0 Å². The number of H-pyrrole nitrogens is 1. The summed E-state index contributed by atoms with van der Waals surface area (Å²) in [5.74, 6) is -0.369. The molecule has 0 bridgehead atoms. The van der Waals surface area contributed by atoms with Crippen LogP contribution in [-0.2, 0) is 6.18 Å². The maximum Gasteiger partial charge on any atom is 0.416 e. The van der Waals surface area contributed by atoms with E-state index in [9.17, 15) is 17.6 Å². The Morgan fingerprint density at radius 2 is 1.64 bits per heavy atom. The third kappa shape index (κ3) is 3.09. The van der Waals surface area contributed by atoms with Crippen LogP contribution < -0.4 is 0 Å². The van der Waals surface area contributed by atoms with Crippen LogP contribution in [0.1, 0.15) is 16.7 Å². The highest BCUT2D eigenvalue weighted by molar-refractivity contribution is 5.86. The van der Waals surface area contributed by atoms with Gasteiger partial charge >= 0.3 is 6.18 Å². The number of hydrogen-bond acceptors (Lipinski definition) is 0. The van der Waals surface area contributed by atoms with Crippen molar-refractivity contribution in [1.82, 2.24) is 4.98 Å². The fourth-order valence-corrected chi connectivity index (χ4v) is 2.23. The average Bonchev–Trinajstić information content (AvgIpc) is 2.83. The van der Waals surface area contributed by atoms with Gasteiger partial charge in [-0.25, -0.2) is 4.39 Å². The Bertz CT molecular complexity index is 775. The van der Waals surface area contributed by atoms with Crippen molar-refractivity contribution in [2.45, 2.75) is 6.18 Å². The van der Waals surface area contributed by atoms with Crippen molar-refractivity contribution < 1.29 is 17.6 Å². The number of fused-ring (bicyclic) bond motifs is 1. The van der Waals surface area contributed by atoms with Crippen LogP contribution in [0.4, 0.5) is 17.6 Å². The molecule has 1 nitrogen and oxygen atoms in total. The monoisotopic (exact) mass is 328 g/mol. The summed E-state index contributed by atoms with van der Waals surface area (Å²) in [6, 6.07) is 9.43. The van der Waals surface area contributed by atoms with Gasteiger partial charge in [-0.05, 0) is 35.4 Å². The summed E-state index contributed by atoms with van der Waals surface area (Å²) in [7, 11) is 0. The molecule has 0 saturated carbocycles. The molecule has 0 amide bonds. The summed E-state index contributed by atoms with van der Waals surface area (Å²) in [5, 5.41) is 0.428. The standard InChI is InChI=1S/C16H10F4N.ClH/c17-13-2-1-3-14-15(13)11(9-21-14)8-10-4-6-12(7-5-10)16(18,19)20;/h1-9,21H;1H. The molecule has 2 aromatic carbocycles. The second-order valence-corrected chi connectivity index (χ2v) is 4.67. The molecule has 0 unspecified atom stereocenters. The zero-order valence-corrected chi connectivity index (χ0v) is 11.9. The Hall–Kier alpha value is -2.01. The van der Waals surface area contributed by atoms with E-state index in [4.69, 9.17) is 0 Å². The molecule has 0 aliphatic heterocycles. The quantitative estimate of drug-likeness (QED) is 0.610. The van der Waals surface area contributed by atoms with E-state index in [1.807, 2.05) is 0 Å². The third-order valence-corrected chi connectivity index (χ3v) is 3.25. The molecule has 115 valence electrons. The van der Waals surface area contributed by atoms with Crippen LogP contribution in [0.25, 0.3) is 10.9 Å². The minimum atomic E-state index is -4.36. The lowest BCUT2D eigenvalue weighted by Gasteiger charge is -2.07. The van der Waals surface area contributed by atoms with Gasteiger partial charge in [-0.1, -0.05) is 18.2 Å². The van der Waals surface area contributed by atoms with Gasteiger partial charge < -0.3 is 4.98 Å². The Labute approximate surface area is 130 Å². The highest BCUT2D eigenvalue weighted by atomic mass is 35.5. The van der Waals surface area contributed by atoms with Crippen molar-refractivity contribution in [3.63, 3.8) is 0 Å². The van der Waals surface area contributed by atoms with Crippen LogP contribution >= 0.6 is 12.4 Å². The molecule has 1 radical (unpaired) electrons. The Kier molecular flexibility index (Phi) is 4.47. The SMILES string of the molecule is Cl.Fc1cccc2[nH]cc([CH]c3ccc(C(F)(F)F)cc3)c12. The molecule has 0 spiro atoms. The van der Waals surface area contributed by atoms with Crippen molar-refractivity contribution in [2.75, 3.05) is 0 Å². The molecule has 3 rings (SSSR count). The van der Waals surface area contributed by atoms with Gasteiger partial charge in [-0.3, -0.25) is 0 Å². The number of alkyl halides is 3. The van der Waals surface area contributed by atoms with E-state index in [-0.39, 0.29) is 18.2 Å². The van der Waals surface area contributed by atoms with Gasteiger partial charge in [0.2, 0.25) is 0 Å². The fraction of sp³-hybridized carbons (Fsp3) is 0.0625. The van der Waals surface area contributed by atoms with Gasteiger partial charge in [0, 0.05) is 23.5 Å². The predicted molar refractivity (Wildman–Crippen MR) is 79.5 cm³/mol. The second-order valence-electron chi connectivity index (χ2n) is 4.67. The lowest BCUT2D eigenvalue weighted by atomic mass is 10.0. The molecule has 22 heavy (non-hydrogen) atoms. The predicted octanol–water partition coefficient (Wildman–Crippen LogP) is 5.35. The van der Waals surface area contributed by atoms with Crippen LogP contribution in [0.2, 0.25) is 0 Å². The number of aromatic amines is 1. The van der Waals surface area contributed by atoms with Crippen molar-refractivity contribution in [3.05, 3.63) is 77.6 Å². The first-order valence-electron chi connectivity index (χ1n) is 6.23. The van der Waals surface area contributed by atoms with Crippen LogP contribution in [0.15, 0.2) is 48.7 Å². The highest BCUT2D eigenvalue weighted by Gasteiger charge is 2.29. The van der Waals surface area contributed by atoms with E-state index in [1.165, 1.54) is 18.2 Å². The number of nitrogens with one attached hydrogen (secondary N) is 1. The zero-order chi connectivity index (χ0) is 15.0. The molecule has 0 atom stereocenters. The van der Waals surface area contributed by atoms with Crippen molar-refractivity contribution >= 4 is 23.3 Å². The average molecular weight is 329 g/mol. The summed E-state index contributed by atoms with van der Waals surface area (Å²) in [6.07, 6.45) is -1.08. The topological polar surface area (TPSA) is 15.8 Å². The van der Waals surface area contributed by atoms with Gasteiger partial charge in [-0.15, -0.1) is 12.4 Å². The van der Waals surface area contributed by atoms with Gasteiger partial charge in [0.15, 0.2) is 0 Å². The minimum absolute atomic E-state index is 0. The Morgan fingerprint density at radius 1 is 0.955 bits per heavy atom. The number of aromatic nitrogens is 1. The summed E-state index contributed by atoms with van der Waals surface area (Å²) in [5.41, 5.74) is 1.12. The number of halogens is 5. The summed E-state index contributed by atoms with van der Waals surface area (Å²) in [6.45, 7) is 0. The number of rotatable bonds is 2. The molecule has 0 fully saturated rings. The number of benzene rings is 2. The van der Waals surface area contributed by atoms with Crippen LogP contribution in [-0.4, -0.2) is 4.98 Å². The summed E-state index contributed by atoms with van der Waals surface area (Å²) < 4.78 is 51.3. The fourth-order valence-electron chi connectivity index (χ4n) is 2.23. The smallest absolute Gasteiger partial charge is 0.361 e. The van der Waals surface area contributed by atoms with E-state index in [0.717, 1.165) is 12.1 Å². The normalized spacial score (nSPS) is 11.5. The van der Waals surface area contributed by atoms with Gasteiger partial charge in [0.05, 0.1) is 5.56 Å². The van der Waals surface area contributed by atoms with Gasteiger partial charge in [0.1, 0.15) is 5.82 Å². The maximum absolute atomic E-state index is 13.8. The Balaban J connectivity index is 0.00000176. The minimum Gasteiger partial charge on any atom is -0.361 e. The zero-order valence-electron chi connectivity index (χ0n) is 11.1. The van der Waals surface area contributed by atoms with Crippen LogP contribution in [0.5, 0.6) is 0 Å². The van der Waals surface area contributed by atoms with Crippen molar-refractivity contribution in [3.8, 4) is 0 Å². The van der Waals surface area contributed by atoms with Crippen LogP contribution in [0.3, 0.4) is 0 Å². The molecule has 1 aromatic heterocycles. The Morgan fingerprint density at radius 3 is 2.27 bits per heavy atom. The molecular weight excluding hydrogens is 318 g/mol. The largest absolute Gasteiger partial charge is 0.416 e. The first-order chi connectivity index (χ1) is 9.95. The van der Waals surface area contributed by atoms with Crippen molar-refractivity contribution in [2.24, 2.45) is 0 Å². The third-order valence-electron chi connectivity index (χ3n) is 3.25. The molecule has 0 aliphatic carbocycles. The first-order valence-corrected chi connectivity index (χ1v) is 6.23. The first kappa shape index (κ1) is 16.4. The molecule has 0 aliphatic rings. The molecule has 3 aromatic rings. The molecular formula is C16H11ClF4N. The van der Waals surface area contributed by atoms with E-state index in [0.29, 0.717) is 22.0 Å². The summed E-state index contributed by atoms with van der Waals surface area (Å²) in [4.78, 5) is 2.93. The van der Waals surface area contributed by atoms with E-state index < -0.39 is 11.7 Å². The molecule has 0 saturated heterocycles. The van der Waals surface area contributed by atoms with Crippen LogP contribution in [0, 0.1) is 12.2 Å². The molecule has 1 heterocycles. The van der Waals surface area contributed by atoms with E-state index >= 15 is 0 Å². The summed E-state index contributed by atoms with van der Waals surface area (Å²) >= 11 is 0. The lowest BCUT2D eigenvalue weighted by Crippen LogP contribution is -2.04. The highest BCUT2D eigenvalue weighted by Crippen LogP contribution is 2.30. The molecule has 1 N–H and O–H groups in total. The molecule has 6 heteroatoms. The van der Waals surface area contributed by atoms with Crippen molar-refractivity contribution in [1.29, 1.82) is 0 Å². The van der Waals surface area contributed by atoms with Gasteiger partial charge in [-0.2, -0.15) is 13.2 Å². The second kappa shape index (κ2) is 6.01. The van der Waals surface area contributed by atoms with E-state index in [2.05, 4.69) is 4.98 Å². The van der Waals surface area contributed by atoms with E-state index in [1.54, 1.807) is 24.8 Å². The lowest BCUT2D eigenvalue weighted by molar-refractivity contribution is -0.137. The maximum atomic E-state index is 13.8.